The Kier molecular flexibility index (Phi) is 4.76. The van der Waals surface area contributed by atoms with E-state index in [4.69, 9.17) is 0 Å². The summed E-state index contributed by atoms with van der Waals surface area (Å²) in [5, 5.41) is 7.98. The average Bonchev–Trinajstić information content (AvgIpc) is 3.42. The molecule has 4 rings (SSSR count). The molecule has 1 saturated carbocycles. The number of nitrogens with one attached hydrogen (secondary N) is 1. The predicted octanol–water partition coefficient (Wildman–Crippen LogP) is 2.92. The van der Waals surface area contributed by atoms with Gasteiger partial charge in [-0.3, -0.25) is 4.79 Å². The van der Waals surface area contributed by atoms with Crippen LogP contribution in [0.5, 0.6) is 0 Å². The number of hydrogen-bond donors (Lipinski definition) is 1. The molecule has 138 valence electrons. The van der Waals surface area contributed by atoms with Crippen LogP contribution in [0.3, 0.4) is 0 Å². The maximum Gasteiger partial charge on any atom is 0.257 e. The highest BCUT2D eigenvalue weighted by Crippen LogP contribution is 2.28. The Morgan fingerprint density at radius 1 is 1.19 bits per heavy atom. The first-order chi connectivity index (χ1) is 12.6. The van der Waals surface area contributed by atoms with Crippen molar-refractivity contribution < 1.29 is 9.18 Å². The van der Waals surface area contributed by atoms with Gasteiger partial charge in [0.1, 0.15) is 5.82 Å². The van der Waals surface area contributed by atoms with E-state index >= 15 is 0 Å². The van der Waals surface area contributed by atoms with Crippen molar-refractivity contribution in [3.05, 3.63) is 47.5 Å². The second-order valence-corrected chi connectivity index (χ2v) is 7.45. The summed E-state index contributed by atoms with van der Waals surface area (Å²) < 4.78 is 14.8. The maximum atomic E-state index is 13.1. The van der Waals surface area contributed by atoms with Crippen molar-refractivity contribution in [2.24, 2.45) is 5.92 Å². The topological polar surface area (TPSA) is 50.2 Å². The van der Waals surface area contributed by atoms with Crippen LogP contribution in [0.1, 0.15) is 41.7 Å². The van der Waals surface area contributed by atoms with E-state index in [0.717, 1.165) is 49.8 Å². The standard InChI is InChI=1S/C20H25FN4O/c1-14-19(13-23-25(14)18-6-4-16(21)5-7-18)20(26)24-10-8-17(9-11-24)22-12-15-2-3-15/h4-7,13,15,17,22H,2-3,8-12H2,1H3. The number of likely N-dealkylation sites (tertiary alicyclic amines) is 1. The lowest BCUT2D eigenvalue weighted by Gasteiger charge is -2.32. The number of carbonyl (C=O) groups is 1. The first-order valence-corrected chi connectivity index (χ1v) is 9.45. The molecule has 1 aliphatic carbocycles. The molecule has 1 aromatic heterocycles. The van der Waals surface area contributed by atoms with Crippen molar-refractivity contribution in [3.63, 3.8) is 0 Å². The molecule has 6 heteroatoms. The van der Waals surface area contributed by atoms with Crippen LogP contribution in [-0.4, -0.2) is 46.3 Å². The Balaban J connectivity index is 1.40. The normalized spacial score (nSPS) is 18.3. The number of piperidine rings is 1. The van der Waals surface area contributed by atoms with Crippen molar-refractivity contribution in [1.29, 1.82) is 0 Å². The molecule has 26 heavy (non-hydrogen) atoms. The summed E-state index contributed by atoms with van der Waals surface area (Å²) in [4.78, 5) is 14.8. The quantitative estimate of drug-likeness (QED) is 0.896. The fourth-order valence-corrected chi connectivity index (χ4v) is 3.57. The number of amides is 1. The zero-order valence-corrected chi connectivity index (χ0v) is 15.1. The fourth-order valence-electron chi connectivity index (χ4n) is 3.57. The zero-order chi connectivity index (χ0) is 18.1. The molecule has 1 aliphatic heterocycles. The maximum absolute atomic E-state index is 13.1. The van der Waals surface area contributed by atoms with Crippen molar-refractivity contribution >= 4 is 5.91 Å². The van der Waals surface area contributed by atoms with Gasteiger partial charge in [0.05, 0.1) is 23.1 Å². The van der Waals surface area contributed by atoms with Gasteiger partial charge in [-0.05, 0) is 69.3 Å². The molecule has 2 aliphatic rings. The second kappa shape index (κ2) is 7.19. The van der Waals surface area contributed by atoms with Gasteiger partial charge >= 0.3 is 0 Å². The monoisotopic (exact) mass is 356 g/mol. The van der Waals surface area contributed by atoms with Crippen molar-refractivity contribution in [2.75, 3.05) is 19.6 Å². The van der Waals surface area contributed by atoms with Gasteiger partial charge in [0.2, 0.25) is 0 Å². The molecule has 0 bridgehead atoms. The third-order valence-electron chi connectivity index (χ3n) is 5.49. The lowest BCUT2D eigenvalue weighted by molar-refractivity contribution is 0.0704. The zero-order valence-electron chi connectivity index (χ0n) is 15.1. The molecule has 0 radical (unpaired) electrons. The van der Waals surface area contributed by atoms with Gasteiger partial charge in [0.15, 0.2) is 0 Å². The summed E-state index contributed by atoms with van der Waals surface area (Å²) in [5.74, 6) is 0.638. The summed E-state index contributed by atoms with van der Waals surface area (Å²) >= 11 is 0. The van der Waals surface area contributed by atoms with E-state index in [0.29, 0.717) is 11.6 Å². The van der Waals surface area contributed by atoms with Gasteiger partial charge in [-0.15, -0.1) is 0 Å². The minimum atomic E-state index is -0.284. The first-order valence-electron chi connectivity index (χ1n) is 9.45. The molecule has 0 atom stereocenters. The molecule has 2 aromatic rings. The van der Waals surface area contributed by atoms with Gasteiger partial charge in [-0.2, -0.15) is 5.10 Å². The van der Waals surface area contributed by atoms with Crippen molar-refractivity contribution in [1.82, 2.24) is 20.0 Å². The molecule has 2 fully saturated rings. The predicted molar refractivity (Wildman–Crippen MR) is 97.9 cm³/mol. The van der Waals surface area contributed by atoms with Crippen LogP contribution >= 0.6 is 0 Å². The third-order valence-corrected chi connectivity index (χ3v) is 5.49. The van der Waals surface area contributed by atoms with Crippen LogP contribution in [0.15, 0.2) is 30.5 Å². The Hall–Kier alpha value is -2.21. The largest absolute Gasteiger partial charge is 0.338 e. The lowest BCUT2D eigenvalue weighted by Crippen LogP contribution is -2.45. The molecule has 1 N–H and O–H groups in total. The number of rotatable bonds is 5. The Bertz CT molecular complexity index is 774. The smallest absolute Gasteiger partial charge is 0.257 e. The molecule has 0 spiro atoms. The van der Waals surface area contributed by atoms with E-state index in [-0.39, 0.29) is 11.7 Å². The van der Waals surface area contributed by atoms with E-state index in [1.807, 2.05) is 11.8 Å². The number of nitrogens with zero attached hydrogens (tertiary/aromatic N) is 3. The summed E-state index contributed by atoms with van der Waals surface area (Å²) in [6, 6.07) is 6.67. The molecule has 1 saturated heterocycles. The number of halogens is 1. The highest BCUT2D eigenvalue weighted by molar-refractivity contribution is 5.95. The molecule has 5 nitrogen and oxygen atoms in total. The minimum absolute atomic E-state index is 0.0384. The van der Waals surface area contributed by atoms with E-state index < -0.39 is 0 Å². The second-order valence-electron chi connectivity index (χ2n) is 7.45. The molecule has 1 amide bonds. The number of aromatic nitrogens is 2. The summed E-state index contributed by atoms with van der Waals surface area (Å²) in [6.07, 6.45) is 6.36. The Morgan fingerprint density at radius 2 is 1.88 bits per heavy atom. The molecule has 2 heterocycles. The van der Waals surface area contributed by atoms with Gasteiger partial charge in [0.25, 0.3) is 5.91 Å². The molecule has 0 unspecified atom stereocenters. The van der Waals surface area contributed by atoms with Gasteiger partial charge in [-0.1, -0.05) is 0 Å². The average molecular weight is 356 g/mol. The van der Waals surface area contributed by atoms with Crippen LogP contribution in [-0.2, 0) is 0 Å². The van der Waals surface area contributed by atoms with E-state index in [9.17, 15) is 9.18 Å². The van der Waals surface area contributed by atoms with Crippen molar-refractivity contribution in [2.45, 2.75) is 38.6 Å². The summed E-state index contributed by atoms with van der Waals surface area (Å²) in [6.45, 7) is 4.57. The van der Waals surface area contributed by atoms with E-state index in [1.54, 1.807) is 23.0 Å². The Morgan fingerprint density at radius 3 is 2.54 bits per heavy atom. The number of carbonyl (C=O) groups excluding carboxylic acids is 1. The van der Waals surface area contributed by atoms with E-state index in [1.165, 1.54) is 25.0 Å². The van der Waals surface area contributed by atoms with Crippen molar-refractivity contribution in [3.8, 4) is 5.69 Å². The van der Waals surface area contributed by atoms with Crippen LogP contribution in [0.25, 0.3) is 5.69 Å². The first kappa shape index (κ1) is 17.2. The molecule has 1 aromatic carbocycles. The fraction of sp³-hybridized carbons (Fsp3) is 0.500. The summed E-state index contributed by atoms with van der Waals surface area (Å²) in [7, 11) is 0. The van der Waals surface area contributed by atoms with E-state index in [2.05, 4.69) is 10.4 Å². The van der Waals surface area contributed by atoms with Crippen LogP contribution < -0.4 is 5.32 Å². The number of benzene rings is 1. The van der Waals surface area contributed by atoms with Crippen LogP contribution in [0, 0.1) is 18.7 Å². The SMILES string of the molecule is Cc1c(C(=O)N2CCC(NCC3CC3)CC2)cnn1-c1ccc(F)cc1. The molecular formula is C20H25FN4O. The van der Waals surface area contributed by atoms with Gasteiger partial charge in [0, 0.05) is 19.1 Å². The highest BCUT2D eigenvalue weighted by atomic mass is 19.1. The Labute approximate surface area is 153 Å². The number of hydrogen-bond acceptors (Lipinski definition) is 3. The van der Waals surface area contributed by atoms with Gasteiger partial charge < -0.3 is 10.2 Å². The van der Waals surface area contributed by atoms with Crippen LogP contribution in [0.4, 0.5) is 4.39 Å². The summed E-state index contributed by atoms with van der Waals surface area (Å²) in [5.41, 5.74) is 2.17. The lowest BCUT2D eigenvalue weighted by atomic mass is 10.0. The third kappa shape index (κ3) is 3.65. The van der Waals surface area contributed by atoms with Crippen LogP contribution in [0.2, 0.25) is 0 Å². The minimum Gasteiger partial charge on any atom is -0.338 e. The molecular weight excluding hydrogens is 331 g/mol. The van der Waals surface area contributed by atoms with Gasteiger partial charge in [-0.25, -0.2) is 9.07 Å². The highest BCUT2D eigenvalue weighted by Gasteiger charge is 2.27.